The van der Waals surface area contributed by atoms with Crippen molar-refractivity contribution in [2.75, 3.05) is 32.1 Å². The molecule has 11 heteroatoms. The number of nitrogens with one attached hydrogen (secondary N) is 1. The summed E-state index contributed by atoms with van der Waals surface area (Å²) in [5, 5.41) is 3.16. The van der Waals surface area contributed by atoms with E-state index in [1.54, 1.807) is 24.3 Å². The van der Waals surface area contributed by atoms with E-state index in [1.165, 1.54) is 36.4 Å². The summed E-state index contributed by atoms with van der Waals surface area (Å²) < 4.78 is 75.7. The lowest BCUT2D eigenvalue weighted by molar-refractivity contribution is -0.123. The molecule has 1 aliphatic rings. The number of sulfone groups is 2. The first-order valence-electron chi connectivity index (χ1n) is 14.3. The molecule has 1 fully saturated rings. The average molecular weight is 633 g/mol. The van der Waals surface area contributed by atoms with Crippen LogP contribution in [0.2, 0.25) is 0 Å². The summed E-state index contributed by atoms with van der Waals surface area (Å²) in [5.41, 5.74) is 2.03. The van der Waals surface area contributed by atoms with Crippen LogP contribution in [0.4, 0.5) is 8.78 Å². The van der Waals surface area contributed by atoms with Gasteiger partial charge in [-0.25, -0.2) is 25.6 Å². The van der Waals surface area contributed by atoms with E-state index in [0.29, 0.717) is 24.9 Å². The SMILES string of the molecule is CCC(C(=O)NC1CCN(CCC(c2ccc(S(C)(=O)=O)cc2)c2cc(F)cc(F)c2)CC1)c1ccc(S(C)(=O)=O)cc1. The molecular weight excluding hydrogens is 594 g/mol. The highest BCUT2D eigenvalue weighted by atomic mass is 32.2. The van der Waals surface area contributed by atoms with Gasteiger partial charge in [0.1, 0.15) is 11.6 Å². The Morgan fingerprint density at radius 2 is 1.30 bits per heavy atom. The summed E-state index contributed by atoms with van der Waals surface area (Å²) in [4.78, 5) is 15.8. The van der Waals surface area contributed by atoms with Gasteiger partial charge in [0.25, 0.3) is 0 Å². The second kappa shape index (κ2) is 13.7. The van der Waals surface area contributed by atoms with Crippen molar-refractivity contribution in [1.82, 2.24) is 10.2 Å². The van der Waals surface area contributed by atoms with Crippen molar-refractivity contribution >= 4 is 25.6 Å². The minimum absolute atomic E-state index is 0.00439. The Bertz CT molecular complexity index is 1620. The molecule has 3 aromatic rings. The normalized spacial score (nSPS) is 16.5. The molecule has 0 saturated carbocycles. The molecule has 3 aromatic carbocycles. The molecule has 2 unspecified atom stereocenters. The second-order valence-electron chi connectivity index (χ2n) is 11.3. The number of benzene rings is 3. The van der Waals surface area contributed by atoms with Crippen LogP contribution in [0.5, 0.6) is 0 Å². The maximum absolute atomic E-state index is 14.1. The molecule has 1 saturated heterocycles. The van der Waals surface area contributed by atoms with Crippen LogP contribution in [0.3, 0.4) is 0 Å². The molecule has 7 nitrogen and oxygen atoms in total. The topological polar surface area (TPSA) is 101 Å². The van der Waals surface area contributed by atoms with E-state index in [1.807, 2.05) is 6.92 Å². The lowest BCUT2D eigenvalue weighted by Gasteiger charge is -2.34. The van der Waals surface area contributed by atoms with Gasteiger partial charge in [0.2, 0.25) is 5.91 Å². The molecule has 1 aliphatic heterocycles. The highest BCUT2D eigenvalue weighted by molar-refractivity contribution is 7.91. The van der Waals surface area contributed by atoms with Crippen molar-refractivity contribution in [2.45, 2.75) is 60.3 Å². The van der Waals surface area contributed by atoms with Crippen molar-refractivity contribution in [1.29, 1.82) is 0 Å². The summed E-state index contributed by atoms with van der Waals surface area (Å²) >= 11 is 0. The van der Waals surface area contributed by atoms with Crippen LogP contribution in [-0.2, 0) is 24.5 Å². The Balaban J connectivity index is 1.37. The van der Waals surface area contributed by atoms with Crippen molar-refractivity contribution in [3.8, 4) is 0 Å². The Morgan fingerprint density at radius 1 is 0.814 bits per heavy atom. The molecular formula is C32H38F2N2O5S2. The number of carbonyl (C=O) groups is 1. The Kier molecular flexibility index (Phi) is 10.4. The van der Waals surface area contributed by atoms with E-state index in [2.05, 4.69) is 10.2 Å². The summed E-state index contributed by atoms with van der Waals surface area (Å²) in [5.74, 6) is -2.13. The van der Waals surface area contributed by atoms with Gasteiger partial charge in [-0.3, -0.25) is 4.79 Å². The number of halogens is 2. The first-order valence-corrected chi connectivity index (χ1v) is 18.1. The number of rotatable bonds is 11. The molecule has 1 N–H and O–H groups in total. The predicted molar refractivity (Wildman–Crippen MR) is 163 cm³/mol. The molecule has 1 heterocycles. The van der Waals surface area contributed by atoms with Crippen LogP contribution >= 0.6 is 0 Å². The largest absolute Gasteiger partial charge is 0.353 e. The van der Waals surface area contributed by atoms with E-state index in [0.717, 1.165) is 55.6 Å². The first kappa shape index (κ1) is 32.8. The lowest BCUT2D eigenvalue weighted by Crippen LogP contribution is -2.46. The smallest absolute Gasteiger partial charge is 0.227 e. The van der Waals surface area contributed by atoms with Gasteiger partial charge >= 0.3 is 0 Å². The summed E-state index contributed by atoms with van der Waals surface area (Å²) in [6, 6.07) is 16.4. The zero-order valence-electron chi connectivity index (χ0n) is 24.6. The van der Waals surface area contributed by atoms with Gasteiger partial charge in [-0.15, -0.1) is 0 Å². The number of carbonyl (C=O) groups excluding carboxylic acids is 1. The van der Waals surface area contributed by atoms with Crippen LogP contribution in [-0.4, -0.2) is 65.8 Å². The van der Waals surface area contributed by atoms with Crippen molar-refractivity contribution in [2.24, 2.45) is 0 Å². The van der Waals surface area contributed by atoms with Crippen LogP contribution in [0, 0.1) is 11.6 Å². The van der Waals surface area contributed by atoms with Crippen molar-refractivity contribution in [3.63, 3.8) is 0 Å². The van der Waals surface area contributed by atoms with Gasteiger partial charge in [0.05, 0.1) is 15.7 Å². The minimum atomic E-state index is -3.38. The molecule has 43 heavy (non-hydrogen) atoms. The number of hydrogen-bond donors (Lipinski definition) is 1. The van der Waals surface area contributed by atoms with E-state index in [4.69, 9.17) is 0 Å². The molecule has 1 amide bonds. The third kappa shape index (κ3) is 8.70. The number of amides is 1. The molecule has 0 bridgehead atoms. The third-order valence-electron chi connectivity index (χ3n) is 8.10. The molecule has 0 spiro atoms. The van der Waals surface area contributed by atoms with Gasteiger partial charge in [-0.2, -0.15) is 0 Å². The second-order valence-corrected chi connectivity index (χ2v) is 15.3. The van der Waals surface area contributed by atoms with E-state index in [9.17, 15) is 30.4 Å². The van der Waals surface area contributed by atoms with E-state index >= 15 is 0 Å². The van der Waals surface area contributed by atoms with Gasteiger partial charge in [0, 0.05) is 43.6 Å². The molecule has 2 atom stereocenters. The van der Waals surface area contributed by atoms with Crippen molar-refractivity contribution in [3.05, 3.63) is 95.1 Å². The average Bonchev–Trinajstić information content (AvgIpc) is 2.93. The predicted octanol–water partition coefficient (Wildman–Crippen LogP) is 5.07. The monoisotopic (exact) mass is 632 g/mol. The molecule has 0 aliphatic carbocycles. The van der Waals surface area contributed by atoms with Gasteiger partial charge in [-0.05, 0) is 85.3 Å². The van der Waals surface area contributed by atoms with Crippen LogP contribution < -0.4 is 5.32 Å². The zero-order chi connectivity index (χ0) is 31.4. The Hall–Kier alpha value is -3.15. The summed E-state index contributed by atoms with van der Waals surface area (Å²) in [6.45, 7) is 4.05. The van der Waals surface area contributed by atoms with E-state index < -0.39 is 31.3 Å². The van der Waals surface area contributed by atoms with E-state index in [-0.39, 0.29) is 33.6 Å². The Labute approximate surface area is 253 Å². The van der Waals surface area contributed by atoms with Crippen LogP contribution in [0.1, 0.15) is 61.1 Å². The Morgan fingerprint density at radius 3 is 1.77 bits per heavy atom. The third-order valence-corrected chi connectivity index (χ3v) is 10.4. The number of piperidine rings is 1. The molecule has 4 rings (SSSR count). The molecule has 0 aromatic heterocycles. The van der Waals surface area contributed by atoms with Crippen molar-refractivity contribution < 1.29 is 30.4 Å². The molecule has 0 radical (unpaired) electrons. The maximum Gasteiger partial charge on any atom is 0.227 e. The standard InChI is InChI=1S/C32H38F2N2O5S2/c1-4-30(22-5-9-28(10-6-22)42(2,38)39)32(37)35-27-13-16-36(17-14-27)18-15-31(24-19-25(33)21-26(34)20-24)23-7-11-29(12-8-23)43(3,40)41/h5-12,19-21,27,30-31H,4,13-18H2,1-3H3,(H,35,37). The minimum Gasteiger partial charge on any atom is -0.353 e. The van der Waals surface area contributed by atoms with Gasteiger partial charge < -0.3 is 10.2 Å². The number of hydrogen-bond acceptors (Lipinski definition) is 6. The fraction of sp³-hybridized carbons (Fsp3) is 0.406. The van der Waals surface area contributed by atoms with Gasteiger partial charge in [-0.1, -0.05) is 31.2 Å². The quantitative estimate of drug-likeness (QED) is 0.317. The van der Waals surface area contributed by atoms with Crippen LogP contribution in [0.25, 0.3) is 0 Å². The van der Waals surface area contributed by atoms with Crippen LogP contribution in [0.15, 0.2) is 76.5 Å². The first-order chi connectivity index (χ1) is 20.2. The summed E-state index contributed by atoms with van der Waals surface area (Å²) in [6.07, 6.45) is 4.93. The zero-order valence-corrected chi connectivity index (χ0v) is 26.2. The summed E-state index contributed by atoms with van der Waals surface area (Å²) in [7, 11) is -6.69. The fourth-order valence-electron chi connectivity index (χ4n) is 5.68. The molecule has 232 valence electrons. The maximum atomic E-state index is 14.1. The fourth-order valence-corrected chi connectivity index (χ4v) is 6.94. The van der Waals surface area contributed by atoms with Gasteiger partial charge in [0.15, 0.2) is 19.7 Å². The lowest BCUT2D eigenvalue weighted by atomic mass is 9.88. The number of nitrogens with zero attached hydrogens (tertiary/aromatic N) is 1. The number of likely N-dealkylation sites (tertiary alicyclic amines) is 1. The highest BCUT2D eigenvalue weighted by Crippen LogP contribution is 2.31. The highest BCUT2D eigenvalue weighted by Gasteiger charge is 2.26.